The molecule has 2 aromatic rings. The van der Waals surface area contributed by atoms with Crippen molar-refractivity contribution in [2.75, 3.05) is 12.4 Å². The molecule has 0 aliphatic rings. The minimum Gasteiger partial charge on any atom is -0.388 e. The van der Waals surface area contributed by atoms with E-state index in [9.17, 15) is 8.78 Å². The summed E-state index contributed by atoms with van der Waals surface area (Å²) in [6.07, 6.45) is 1.51. The summed E-state index contributed by atoms with van der Waals surface area (Å²) in [6.45, 7) is 0. The third kappa shape index (κ3) is 1.86. The second-order valence-corrected chi connectivity index (χ2v) is 3.28. The standard InChI is InChI=1S/C12H10F2N2/c1-15-8-5-6-16-11(7-8)12-9(13)3-2-4-10(12)14/h2-7H,1H3,(H,15,16). The zero-order chi connectivity index (χ0) is 11.5. The summed E-state index contributed by atoms with van der Waals surface area (Å²) in [6, 6.07) is 7.08. The van der Waals surface area contributed by atoms with Crippen molar-refractivity contribution in [2.24, 2.45) is 0 Å². The summed E-state index contributed by atoms with van der Waals surface area (Å²) in [7, 11) is 1.73. The number of benzene rings is 1. The quantitative estimate of drug-likeness (QED) is 0.841. The van der Waals surface area contributed by atoms with Gasteiger partial charge in [-0.25, -0.2) is 8.78 Å². The van der Waals surface area contributed by atoms with Crippen LogP contribution in [0.1, 0.15) is 0 Å². The van der Waals surface area contributed by atoms with Gasteiger partial charge in [0.1, 0.15) is 11.6 Å². The molecular formula is C12H10F2N2. The number of nitrogens with one attached hydrogen (secondary N) is 1. The molecule has 4 heteroatoms. The van der Waals surface area contributed by atoms with E-state index >= 15 is 0 Å². The van der Waals surface area contributed by atoms with Crippen molar-refractivity contribution < 1.29 is 8.78 Å². The molecule has 16 heavy (non-hydrogen) atoms. The smallest absolute Gasteiger partial charge is 0.135 e. The summed E-state index contributed by atoms with van der Waals surface area (Å²) in [5, 5.41) is 2.89. The summed E-state index contributed by atoms with van der Waals surface area (Å²) >= 11 is 0. The van der Waals surface area contributed by atoms with Gasteiger partial charge in [-0.1, -0.05) is 6.07 Å². The maximum absolute atomic E-state index is 13.5. The SMILES string of the molecule is CNc1ccnc(-c2c(F)cccc2F)c1. The zero-order valence-corrected chi connectivity index (χ0v) is 8.67. The highest BCUT2D eigenvalue weighted by molar-refractivity contribution is 5.64. The zero-order valence-electron chi connectivity index (χ0n) is 8.67. The van der Waals surface area contributed by atoms with Crippen LogP contribution in [-0.2, 0) is 0 Å². The van der Waals surface area contributed by atoms with Gasteiger partial charge in [0.25, 0.3) is 0 Å². The Morgan fingerprint density at radius 1 is 1.12 bits per heavy atom. The molecule has 0 fully saturated rings. The first-order valence-corrected chi connectivity index (χ1v) is 4.80. The minimum absolute atomic E-state index is 0.0976. The van der Waals surface area contributed by atoms with Crippen LogP contribution in [-0.4, -0.2) is 12.0 Å². The van der Waals surface area contributed by atoms with E-state index in [2.05, 4.69) is 10.3 Å². The van der Waals surface area contributed by atoms with Crippen LogP contribution in [0.5, 0.6) is 0 Å². The highest BCUT2D eigenvalue weighted by Crippen LogP contribution is 2.25. The van der Waals surface area contributed by atoms with Gasteiger partial charge in [-0.2, -0.15) is 0 Å². The van der Waals surface area contributed by atoms with E-state index in [0.29, 0.717) is 0 Å². The van der Waals surface area contributed by atoms with Crippen molar-refractivity contribution in [1.82, 2.24) is 4.98 Å². The van der Waals surface area contributed by atoms with Gasteiger partial charge in [-0.15, -0.1) is 0 Å². The molecule has 0 amide bonds. The first-order chi connectivity index (χ1) is 7.72. The lowest BCUT2D eigenvalue weighted by atomic mass is 10.1. The van der Waals surface area contributed by atoms with Crippen molar-refractivity contribution in [2.45, 2.75) is 0 Å². The number of anilines is 1. The average Bonchev–Trinajstić information content (AvgIpc) is 2.29. The fourth-order valence-electron chi connectivity index (χ4n) is 1.47. The molecule has 2 rings (SSSR count). The fraction of sp³-hybridized carbons (Fsp3) is 0.0833. The average molecular weight is 220 g/mol. The molecule has 1 heterocycles. The van der Waals surface area contributed by atoms with Gasteiger partial charge < -0.3 is 5.32 Å². The number of pyridine rings is 1. The van der Waals surface area contributed by atoms with E-state index < -0.39 is 11.6 Å². The van der Waals surface area contributed by atoms with Crippen molar-refractivity contribution in [3.8, 4) is 11.3 Å². The van der Waals surface area contributed by atoms with Crippen LogP contribution in [0.25, 0.3) is 11.3 Å². The first-order valence-electron chi connectivity index (χ1n) is 4.80. The summed E-state index contributed by atoms with van der Waals surface area (Å²) in [5.41, 5.74) is 0.940. The highest BCUT2D eigenvalue weighted by Gasteiger charge is 2.11. The molecule has 0 radical (unpaired) electrons. The number of hydrogen-bond donors (Lipinski definition) is 1. The molecule has 0 bridgehead atoms. The number of aromatic nitrogens is 1. The van der Waals surface area contributed by atoms with Crippen LogP contribution in [0.3, 0.4) is 0 Å². The van der Waals surface area contributed by atoms with Gasteiger partial charge in [0, 0.05) is 18.9 Å². The van der Waals surface area contributed by atoms with Crippen LogP contribution >= 0.6 is 0 Å². The lowest BCUT2D eigenvalue weighted by molar-refractivity contribution is 0.588. The van der Waals surface area contributed by atoms with Gasteiger partial charge >= 0.3 is 0 Å². The van der Waals surface area contributed by atoms with E-state index in [1.165, 1.54) is 24.4 Å². The van der Waals surface area contributed by atoms with Crippen molar-refractivity contribution in [3.63, 3.8) is 0 Å². The molecule has 0 saturated heterocycles. The van der Waals surface area contributed by atoms with E-state index in [4.69, 9.17) is 0 Å². The Morgan fingerprint density at radius 2 is 1.81 bits per heavy atom. The summed E-state index contributed by atoms with van der Waals surface area (Å²) < 4.78 is 26.9. The van der Waals surface area contributed by atoms with Crippen LogP contribution in [0.15, 0.2) is 36.5 Å². The normalized spacial score (nSPS) is 10.2. The molecule has 2 nitrogen and oxygen atoms in total. The predicted molar refractivity (Wildman–Crippen MR) is 59.1 cm³/mol. The second-order valence-electron chi connectivity index (χ2n) is 3.28. The summed E-state index contributed by atoms with van der Waals surface area (Å²) in [5.74, 6) is -1.22. The number of halogens is 2. The Bertz CT molecular complexity index is 492. The third-order valence-corrected chi connectivity index (χ3v) is 2.27. The maximum Gasteiger partial charge on any atom is 0.135 e. The molecular weight excluding hydrogens is 210 g/mol. The van der Waals surface area contributed by atoms with Crippen molar-refractivity contribution in [3.05, 3.63) is 48.2 Å². The largest absolute Gasteiger partial charge is 0.388 e. The minimum atomic E-state index is -0.610. The van der Waals surface area contributed by atoms with Crippen molar-refractivity contribution >= 4 is 5.69 Å². The van der Waals surface area contributed by atoms with E-state index in [0.717, 1.165) is 5.69 Å². The topological polar surface area (TPSA) is 24.9 Å². The monoisotopic (exact) mass is 220 g/mol. The van der Waals surface area contributed by atoms with Gasteiger partial charge in [-0.3, -0.25) is 4.98 Å². The fourth-order valence-corrected chi connectivity index (χ4v) is 1.47. The predicted octanol–water partition coefficient (Wildman–Crippen LogP) is 3.07. The lowest BCUT2D eigenvalue weighted by Gasteiger charge is -2.06. The maximum atomic E-state index is 13.5. The Labute approximate surface area is 92.0 Å². The van der Waals surface area contributed by atoms with Gasteiger partial charge in [0.15, 0.2) is 0 Å². The Balaban J connectivity index is 2.58. The Kier molecular flexibility index (Phi) is 2.81. The molecule has 0 spiro atoms. The molecule has 0 saturated carbocycles. The second kappa shape index (κ2) is 4.26. The molecule has 1 N–H and O–H groups in total. The molecule has 1 aromatic carbocycles. The first kappa shape index (κ1) is 10.5. The number of hydrogen-bond acceptors (Lipinski definition) is 2. The molecule has 1 aromatic heterocycles. The molecule has 0 unspecified atom stereocenters. The third-order valence-electron chi connectivity index (χ3n) is 2.27. The molecule has 0 aliphatic heterocycles. The molecule has 82 valence electrons. The van der Waals surface area contributed by atoms with E-state index in [1.807, 2.05) is 0 Å². The highest BCUT2D eigenvalue weighted by atomic mass is 19.1. The van der Waals surface area contributed by atoms with E-state index in [1.54, 1.807) is 19.2 Å². The van der Waals surface area contributed by atoms with Gasteiger partial charge in [0.05, 0.1) is 11.3 Å². The van der Waals surface area contributed by atoms with Gasteiger partial charge in [-0.05, 0) is 24.3 Å². The number of rotatable bonds is 2. The van der Waals surface area contributed by atoms with Crippen LogP contribution < -0.4 is 5.32 Å². The van der Waals surface area contributed by atoms with Crippen LogP contribution in [0.4, 0.5) is 14.5 Å². The van der Waals surface area contributed by atoms with Crippen molar-refractivity contribution in [1.29, 1.82) is 0 Å². The Hall–Kier alpha value is -1.97. The van der Waals surface area contributed by atoms with E-state index in [-0.39, 0.29) is 11.3 Å². The molecule has 0 atom stereocenters. The van der Waals surface area contributed by atoms with Gasteiger partial charge in [0.2, 0.25) is 0 Å². The van der Waals surface area contributed by atoms with Crippen LogP contribution in [0.2, 0.25) is 0 Å². The Morgan fingerprint density at radius 3 is 2.44 bits per heavy atom. The summed E-state index contributed by atoms with van der Waals surface area (Å²) in [4.78, 5) is 3.96. The molecule has 0 aliphatic carbocycles. The lowest BCUT2D eigenvalue weighted by Crippen LogP contribution is -1.94. The van der Waals surface area contributed by atoms with Crippen LogP contribution in [0, 0.1) is 11.6 Å². The number of nitrogens with zero attached hydrogens (tertiary/aromatic N) is 1.